The van der Waals surface area contributed by atoms with E-state index < -0.39 is 6.10 Å². The Morgan fingerprint density at radius 1 is 1.25 bits per heavy atom. The molecule has 0 heterocycles. The van der Waals surface area contributed by atoms with E-state index in [0.717, 1.165) is 11.3 Å². The lowest BCUT2D eigenvalue weighted by Crippen LogP contribution is -2.19. The lowest BCUT2D eigenvalue weighted by molar-refractivity contribution is 0.153. The number of rotatable bonds is 3. The molecule has 0 bridgehead atoms. The molecular formula is C14H20O2. The fourth-order valence-electron chi connectivity index (χ4n) is 2.22. The highest BCUT2D eigenvalue weighted by Crippen LogP contribution is 2.25. The van der Waals surface area contributed by atoms with E-state index in [1.165, 1.54) is 32.1 Å². The van der Waals surface area contributed by atoms with E-state index in [1.807, 2.05) is 24.3 Å². The lowest BCUT2D eigenvalue weighted by Gasteiger charge is -2.23. The molecule has 0 aromatic heterocycles. The fraction of sp³-hybridized carbons (Fsp3) is 0.571. The molecule has 0 radical (unpaired) electrons. The number of benzene rings is 1. The predicted molar refractivity (Wildman–Crippen MR) is 64.6 cm³/mol. The maximum absolute atomic E-state index is 9.50. The smallest absolute Gasteiger partial charge is 0.120 e. The molecule has 1 saturated carbocycles. The molecule has 1 aromatic carbocycles. The normalized spacial score (nSPS) is 19.4. The predicted octanol–water partition coefficient (Wildman–Crippen LogP) is 3.45. The molecule has 1 fully saturated rings. The third-order valence-electron chi connectivity index (χ3n) is 3.20. The van der Waals surface area contributed by atoms with Crippen LogP contribution in [-0.2, 0) is 0 Å². The van der Waals surface area contributed by atoms with Crippen LogP contribution in [0, 0.1) is 0 Å². The van der Waals surface area contributed by atoms with E-state index in [4.69, 9.17) is 4.74 Å². The van der Waals surface area contributed by atoms with Crippen molar-refractivity contribution in [1.29, 1.82) is 0 Å². The summed E-state index contributed by atoms with van der Waals surface area (Å²) in [6.07, 6.45) is 6.18. The van der Waals surface area contributed by atoms with Crippen molar-refractivity contribution >= 4 is 0 Å². The molecule has 0 unspecified atom stereocenters. The van der Waals surface area contributed by atoms with Gasteiger partial charge in [0.2, 0.25) is 0 Å². The first kappa shape index (κ1) is 11.5. The third kappa shape index (κ3) is 2.99. The van der Waals surface area contributed by atoms with E-state index in [2.05, 4.69) is 0 Å². The topological polar surface area (TPSA) is 29.5 Å². The molecule has 2 heteroatoms. The molecule has 2 nitrogen and oxygen atoms in total. The van der Waals surface area contributed by atoms with Crippen molar-refractivity contribution in [3.8, 4) is 5.75 Å². The number of aliphatic hydroxyl groups is 1. The van der Waals surface area contributed by atoms with Crippen molar-refractivity contribution in [2.45, 2.75) is 51.2 Å². The van der Waals surface area contributed by atoms with E-state index in [9.17, 15) is 5.11 Å². The molecule has 1 atom stereocenters. The highest BCUT2D eigenvalue weighted by Gasteiger charge is 2.15. The minimum absolute atomic E-state index is 0.373. The van der Waals surface area contributed by atoms with Crippen molar-refractivity contribution in [3.63, 3.8) is 0 Å². The summed E-state index contributed by atoms with van der Waals surface area (Å²) in [6, 6.07) is 7.79. The van der Waals surface area contributed by atoms with Crippen LogP contribution < -0.4 is 4.74 Å². The van der Waals surface area contributed by atoms with Crippen molar-refractivity contribution in [2.24, 2.45) is 0 Å². The Kier molecular flexibility index (Phi) is 3.83. The average molecular weight is 220 g/mol. The van der Waals surface area contributed by atoms with Gasteiger partial charge in [-0.05, 0) is 50.3 Å². The Bertz CT molecular complexity index is 327. The summed E-state index contributed by atoms with van der Waals surface area (Å²) in [5.74, 6) is 0.894. The second-order valence-electron chi connectivity index (χ2n) is 4.63. The van der Waals surface area contributed by atoms with E-state index >= 15 is 0 Å². The zero-order valence-electron chi connectivity index (χ0n) is 9.86. The maximum atomic E-state index is 9.50. The van der Waals surface area contributed by atoms with Crippen molar-refractivity contribution in [1.82, 2.24) is 0 Å². The largest absolute Gasteiger partial charge is 0.490 e. The zero-order valence-corrected chi connectivity index (χ0v) is 9.86. The Labute approximate surface area is 97.3 Å². The van der Waals surface area contributed by atoms with Crippen LogP contribution in [0.1, 0.15) is 50.7 Å². The second-order valence-corrected chi connectivity index (χ2v) is 4.63. The second kappa shape index (κ2) is 5.35. The van der Waals surface area contributed by atoms with Crippen LogP contribution in [0.2, 0.25) is 0 Å². The van der Waals surface area contributed by atoms with Gasteiger partial charge in [-0.1, -0.05) is 18.6 Å². The molecule has 0 spiro atoms. The molecule has 1 aromatic rings. The minimum atomic E-state index is -0.421. The van der Waals surface area contributed by atoms with Gasteiger partial charge in [0, 0.05) is 0 Å². The summed E-state index contributed by atoms with van der Waals surface area (Å²) >= 11 is 0. The summed E-state index contributed by atoms with van der Waals surface area (Å²) in [6.45, 7) is 1.78. The lowest BCUT2D eigenvalue weighted by atomic mass is 9.98. The van der Waals surface area contributed by atoms with Crippen LogP contribution in [0.25, 0.3) is 0 Å². The van der Waals surface area contributed by atoms with Crippen molar-refractivity contribution in [3.05, 3.63) is 29.8 Å². The first-order chi connectivity index (χ1) is 7.75. The molecule has 88 valence electrons. The van der Waals surface area contributed by atoms with Gasteiger partial charge in [0.05, 0.1) is 12.2 Å². The van der Waals surface area contributed by atoms with Crippen LogP contribution in [0.5, 0.6) is 5.75 Å². The number of aliphatic hydroxyl groups excluding tert-OH is 1. The van der Waals surface area contributed by atoms with Crippen LogP contribution in [-0.4, -0.2) is 11.2 Å². The molecule has 0 amide bonds. The van der Waals surface area contributed by atoms with Gasteiger partial charge in [0.25, 0.3) is 0 Å². The summed E-state index contributed by atoms with van der Waals surface area (Å²) in [5.41, 5.74) is 0.924. The molecule has 1 aliphatic carbocycles. The van der Waals surface area contributed by atoms with Crippen molar-refractivity contribution in [2.75, 3.05) is 0 Å². The SMILES string of the molecule is C[C@H](O)c1cccc(OC2CCCCC2)c1. The average Bonchev–Trinajstić information content (AvgIpc) is 2.30. The number of ether oxygens (including phenoxy) is 1. The first-order valence-corrected chi connectivity index (χ1v) is 6.20. The molecule has 1 N–H and O–H groups in total. The zero-order chi connectivity index (χ0) is 11.4. The summed E-state index contributed by atoms with van der Waals surface area (Å²) in [7, 11) is 0. The molecule has 16 heavy (non-hydrogen) atoms. The Morgan fingerprint density at radius 2 is 2.00 bits per heavy atom. The van der Waals surface area contributed by atoms with Gasteiger partial charge < -0.3 is 9.84 Å². The monoisotopic (exact) mass is 220 g/mol. The Hall–Kier alpha value is -1.02. The van der Waals surface area contributed by atoms with E-state index in [-0.39, 0.29) is 0 Å². The van der Waals surface area contributed by atoms with Gasteiger partial charge in [-0.15, -0.1) is 0 Å². The molecule has 2 rings (SSSR count). The van der Waals surface area contributed by atoms with Gasteiger partial charge in [0.15, 0.2) is 0 Å². The molecule has 0 aliphatic heterocycles. The van der Waals surface area contributed by atoms with Crippen molar-refractivity contribution < 1.29 is 9.84 Å². The highest BCUT2D eigenvalue weighted by atomic mass is 16.5. The van der Waals surface area contributed by atoms with E-state index in [0.29, 0.717) is 6.10 Å². The summed E-state index contributed by atoms with van der Waals surface area (Å²) < 4.78 is 5.94. The third-order valence-corrected chi connectivity index (χ3v) is 3.20. The van der Waals surface area contributed by atoms with Gasteiger partial charge in [-0.3, -0.25) is 0 Å². The summed E-state index contributed by atoms with van der Waals surface area (Å²) in [4.78, 5) is 0. The minimum Gasteiger partial charge on any atom is -0.490 e. The standard InChI is InChI=1S/C14H20O2/c1-11(15)12-6-5-9-14(10-12)16-13-7-3-2-4-8-13/h5-6,9-11,13,15H,2-4,7-8H2,1H3/t11-/m0/s1. The van der Waals surface area contributed by atoms with Gasteiger partial charge >= 0.3 is 0 Å². The van der Waals surface area contributed by atoms with Crippen LogP contribution in [0.4, 0.5) is 0 Å². The van der Waals surface area contributed by atoms with Crippen LogP contribution >= 0.6 is 0 Å². The van der Waals surface area contributed by atoms with E-state index in [1.54, 1.807) is 6.92 Å². The van der Waals surface area contributed by atoms with Crippen LogP contribution in [0.3, 0.4) is 0 Å². The highest BCUT2D eigenvalue weighted by molar-refractivity contribution is 5.29. The number of hydrogen-bond acceptors (Lipinski definition) is 2. The number of hydrogen-bond donors (Lipinski definition) is 1. The fourth-order valence-corrected chi connectivity index (χ4v) is 2.22. The van der Waals surface area contributed by atoms with Gasteiger partial charge in [0.1, 0.15) is 5.75 Å². The first-order valence-electron chi connectivity index (χ1n) is 6.20. The summed E-state index contributed by atoms with van der Waals surface area (Å²) in [5, 5.41) is 9.50. The molecule has 1 aliphatic rings. The van der Waals surface area contributed by atoms with Crippen LogP contribution in [0.15, 0.2) is 24.3 Å². The Morgan fingerprint density at radius 3 is 2.69 bits per heavy atom. The molecular weight excluding hydrogens is 200 g/mol. The quantitative estimate of drug-likeness (QED) is 0.845. The van der Waals surface area contributed by atoms with Gasteiger partial charge in [-0.25, -0.2) is 0 Å². The molecule has 0 saturated heterocycles. The van der Waals surface area contributed by atoms with Gasteiger partial charge in [-0.2, -0.15) is 0 Å². The maximum Gasteiger partial charge on any atom is 0.120 e. The Balaban J connectivity index is 2.00.